The minimum absolute atomic E-state index is 0.0913. The number of aromatic nitrogens is 1. The molecular formula is C19H16FNO4S. The van der Waals surface area contributed by atoms with E-state index in [9.17, 15) is 14.0 Å². The van der Waals surface area contributed by atoms with Gasteiger partial charge in [-0.1, -0.05) is 29.5 Å². The van der Waals surface area contributed by atoms with Crippen LogP contribution in [-0.2, 0) is 11.3 Å². The first-order valence-corrected chi connectivity index (χ1v) is 8.55. The Balaban J connectivity index is 1.88. The molecule has 0 radical (unpaired) electrons. The van der Waals surface area contributed by atoms with E-state index in [1.165, 1.54) is 37.0 Å². The third-order valence-electron chi connectivity index (χ3n) is 3.82. The predicted molar refractivity (Wildman–Crippen MR) is 99.6 cm³/mol. The van der Waals surface area contributed by atoms with Crippen molar-refractivity contribution in [2.45, 2.75) is 6.54 Å². The summed E-state index contributed by atoms with van der Waals surface area (Å²) in [6, 6.07) is 9.19. The standard InChI is InChI=1S/C19H16FNO4S/c1-24-16-9-15-18(10-17(16)25-2)26-19(23)21(15)11-14(22)8-5-12-3-6-13(20)7-4-12/h3-10H,11H2,1-2H3/b8-5+. The second-order valence-corrected chi connectivity index (χ2v) is 6.47. The van der Waals surface area contributed by atoms with Gasteiger partial charge in [-0.15, -0.1) is 0 Å². The van der Waals surface area contributed by atoms with Crippen molar-refractivity contribution in [3.05, 3.63) is 63.5 Å². The number of hydrogen-bond donors (Lipinski definition) is 0. The van der Waals surface area contributed by atoms with Crippen LogP contribution in [0.15, 0.2) is 47.3 Å². The monoisotopic (exact) mass is 373 g/mol. The van der Waals surface area contributed by atoms with Crippen LogP contribution in [0.25, 0.3) is 16.3 Å². The molecule has 2 aromatic carbocycles. The number of halogens is 1. The fourth-order valence-corrected chi connectivity index (χ4v) is 3.41. The molecule has 3 aromatic rings. The van der Waals surface area contributed by atoms with Gasteiger partial charge in [0.15, 0.2) is 17.3 Å². The summed E-state index contributed by atoms with van der Waals surface area (Å²) in [6.45, 7) is -0.0913. The van der Waals surface area contributed by atoms with Crippen LogP contribution >= 0.6 is 11.3 Å². The summed E-state index contributed by atoms with van der Waals surface area (Å²) in [6.07, 6.45) is 2.97. The van der Waals surface area contributed by atoms with Gasteiger partial charge in [-0.25, -0.2) is 4.39 Å². The average molecular weight is 373 g/mol. The van der Waals surface area contributed by atoms with E-state index in [0.29, 0.717) is 27.3 Å². The highest BCUT2D eigenvalue weighted by atomic mass is 32.1. The van der Waals surface area contributed by atoms with E-state index in [1.807, 2.05) is 0 Å². The Bertz CT molecular complexity index is 1030. The van der Waals surface area contributed by atoms with Crippen molar-refractivity contribution in [2.24, 2.45) is 0 Å². The van der Waals surface area contributed by atoms with E-state index in [4.69, 9.17) is 9.47 Å². The van der Waals surface area contributed by atoms with Crippen molar-refractivity contribution in [1.29, 1.82) is 0 Å². The van der Waals surface area contributed by atoms with Gasteiger partial charge in [-0.3, -0.25) is 14.2 Å². The number of hydrogen-bond acceptors (Lipinski definition) is 5. The number of carbonyl (C=O) groups excluding carboxylic acids is 1. The molecule has 0 fully saturated rings. The molecule has 0 bridgehead atoms. The molecule has 0 saturated carbocycles. The van der Waals surface area contributed by atoms with Gasteiger partial charge >= 0.3 is 4.87 Å². The number of fused-ring (bicyclic) bond motifs is 1. The summed E-state index contributed by atoms with van der Waals surface area (Å²) in [5, 5.41) is 0. The van der Waals surface area contributed by atoms with Crippen molar-refractivity contribution in [1.82, 2.24) is 4.57 Å². The van der Waals surface area contributed by atoms with Crippen molar-refractivity contribution in [3.8, 4) is 11.5 Å². The molecular weight excluding hydrogens is 357 g/mol. The van der Waals surface area contributed by atoms with Gasteiger partial charge in [0.25, 0.3) is 0 Å². The quantitative estimate of drug-likeness (QED) is 0.621. The molecule has 0 atom stereocenters. The van der Waals surface area contributed by atoms with E-state index < -0.39 is 0 Å². The first-order valence-electron chi connectivity index (χ1n) is 7.73. The molecule has 1 aromatic heterocycles. The number of carbonyl (C=O) groups is 1. The first kappa shape index (κ1) is 17.9. The maximum atomic E-state index is 12.9. The van der Waals surface area contributed by atoms with Gasteiger partial charge in [0.2, 0.25) is 0 Å². The average Bonchev–Trinajstić information content (AvgIpc) is 2.94. The molecule has 0 aliphatic heterocycles. The number of nitrogens with zero attached hydrogens (tertiary/aromatic N) is 1. The Kier molecular flexibility index (Phi) is 5.18. The molecule has 0 aliphatic rings. The van der Waals surface area contributed by atoms with Gasteiger partial charge in [0.1, 0.15) is 5.82 Å². The van der Waals surface area contributed by atoms with Crippen molar-refractivity contribution >= 4 is 33.4 Å². The summed E-state index contributed by atoms with van der Waals surface area (Å²) in [4.78, 5) is 24.3. The third kappa shape index (κ3) is 3.67. The SMILES string of the molecule is COc1cc2sc(=O)n(CC(=O)/C=C/c3ccc(F)cc3)c2cc1OC. The Morgan fingerprint density at radius 2 is 1.81 bits per heavy atom. The molecule has 26 heavy (non-hydrogen) atoms. The number of thiazole rings is 1. The molecule has 0 spiro atoms. The number of ether oxygens (including phenoxy) is 2. The van der Waals surface area contributed by atoms with Gasteiger partial charge < -0.3 is 9.47 Å². The molecule has 0 unspecified atom stereocenters. The summed E-state index contributed by atoms with van der Waals surface area (Å²) in [5.41, 5.74) is 1.31. The van der Waals surface area contributed by atoms with Crippen LogP contribution < -0.4 is 14.3 Å². The zero-order valence-corrected chi connectivity index (χ0v) is 15.0. The number of rotatable bonds is 6. The molecule has 7 heteroatoms. The first-order chi connectivity index (χ1) is 12.5. The maximum absolute atomic E-state index is 12.9. The lowest BCUT2D eigenvalue weighted by Crippen LogP contribution is -2.17. The minimum Gasteiger partial charge on any atom is -0.493 e. The second-order valence-electron chi connectivity index (χ2n) is 5.48. The molecule has 0 amide bonds. The molecule has 134 valence electrons. The highest BCUT2D eigenvalue weighted by Gasteiger charge is 2.14. The van der Waals surface area contributed by atoms with Crippen molar-refractivity contribution in [3.63, 3.8) is 0 Å². The predicted octanol–water partition coefficient (Wildman–Crippen LogP) is 3.50. The van der Waals surface area contributed by atoms with Crippen LogP contribution in [0.2, 0.25) is 0 Å². The lowest BCUT2D eigenvalue weighted by Gasteiger charge is -2.08. The maximum Gasteiger partial charge on any atom is 0.308 e. The zero-order chi connectivity index (χ0) is 18.7. The van der Waals surface area contributed by atoms with E-state index >= 15 is 0 Å². The van der Waals surface area contributed by atoms with Gasteiger partial charge in [0.05, 0.1) is 31.0 Å². The number of ketones is 1. The Labute approximate surface area is 152 Å². The summed E-state index contributed by atoms with van der Waals surface area (Å²) in [5.74, 6) is 0.428. The molecule has 3 rings (SSSR count). The molecule has 0 saturated heterocycles. The van der Waals surface area contributed by atoms with Gasteiger partial charge in [-0.2, -0.15) is 0 Å². The minimum atomic E-state index is -0.339. The van der Waals surface area contributed by atoms with Crippen LogP contribution in [0, 0.1) is 5.82 Å². The Morgan fingerprint density at radius 3 is 2.46 bits per heavy atom. The lowest BCUT2D eigenvalue weighted by molar-refractivity contribution is -0.115. The smallest absolute Gasteiger partial charge is 0.308 e. The number of allylic oxidation sites excluding steroid dienone is 1. The van der Waals surface area contributed by atoms with E-state index in [-0.39, 0.29) is 23.0 Å². The lowest BCUT2D eigenvalue weighted by atomic mass is 10.2. The highest BCUT2D eigenvalue weighted by Crippen LogP contribution is 2.33. The number of benzene rings is 2. The van der Waals surface area contributed by atoms with Gasteiger partial charge in [0, 0.05) is 12.1 Å². The van der Waals surface area contributed by atoms with Crippen LogP contribution in [0.3, 0.4) is 0 Å². The summed E-state index contributed by atoms with van der Waals surface area (Å²) < 4.78 is 25.5. The molecule has 1 heterocycles. The third-order valence-corrected chi connectivity index (χ3v) is 4.76. The van der Waals surface area contributed by atoms with Gasteiger partial charge in [-0.05, 0) is 23.8 Å². The Hall–Kier alpha value is -2.93. The summed E-state index contributed by atoms with van der Waals surface area (Å²) >= 11 is 1.04. The number of methoxy groups -OCH3 is 2. The second kappa shape index (κ2) is 7.53. The van der Waals surface area contributed by atoms with Crippen molar-refractivity contribution < 1.29 is 18.7 Å². The zero-order valence-electron chi connectivity index (χ0n) is 14.2. The van der Waals surface area contributed by atoms with E-state index in [0.717, 1.165) is 11.3 Å². The van der Waals surface area contributed by atoms with Crippen molar-refractivity contribution in [2.75, 3.05) is 14.2 Å². The largest absolute Gasteiger partial charge is 0.493 e. The fourth-order valence-electron chi connectivity index (χ4n) is 2.51. The van der Waals surface area contributed by atoms with Crippen LogP contribution in [0.5, 0.6) is 11.5 Å². The van der Waals surface area contributed by atoms with Crippen LogP contribution in [0.4, 0.5) is 4.39 Å². The topological polar surface area (TPSA) is 57.5 Å². The van der Waals surface area contributed by atoms with Crippen LogP contribution in [0.1, 0.15) is 5.56 Å². The van der Waals surface area contributed by atoms with Crippen LogP contribution in [-0.4, -0.2) is 24.6 Å². The molecule has 5 nitrogen and oxygen atoms in total. The molecule has 0 aliphatic carbocycles. The highest BCUT2D eigenvalue weighted by molar-refractivity contribution is 7.16. The Morgan fingerprint density at radius 1 is 1.15 bits per heavy atom. The van der Waals surface area contributed by atoms with E-state index in [2.05, 4.69) is 0 Å². The fraction of sp³-hybridized carbons (Fsp3) is 0.158. The summed E-state index contributed by atoms with van der Waals surface area (Å²) in [7, 11) is 3.03. The van der Waals surface area contributed by atoms with E-state index in [1.54, 1.807) is 30.3 Å². The normalized spacial score (nSPS) is 11.2. The molecule has 0 N–H and O–H groups in total.